The Bertz CT molecular complexity index is 495. The molecule has 0 rings (SSSR count). The van der Waals surface area contributed by atoms with Crippen molar-refractivity contribution in [3.8, 4) is 0 Å². The van der Waals surface area contributed by atoms with E-state index in [-0.39, 0.29) is 29.6 Å². The molecule has 174 valence electrons. The summed E-state index contributed by atoms with van der Waals surface area (Å²) in [5.74, 6) is -3.50. The molecule has 0 fully saturated rings. The largest absolute Gasteiger partial charge is 1.00 e. The number of carbonyl (C=O) groups is 2. The Morgan fingerprint density at radius 2 is 1.13 bits per heavy atom. The van der Waals surface area contributed by atoms with Crippen LogP contribution in [0.25, 0.3) is 0 Å². The maximum atomic E-state index is 10.2. The molecule has 1 atom stereocenters. The summed E-state index contributed by atoms with van der Waals surface area (Å²) in [4.78, 5) is 20.0. The number of hydrogen-bond donors (Lipinski definition) is 3. The van der Waals surface area contributed by atoms with Gasteiger partial charge in [0.1, 0.15) is 0 Å². The molecule has 0 saturated heterocycles. The number of carboxylic acids is 2. The molecule has 0 saturated carbocycles. The Balaban J connectivity index is -0.000000497. The first-order valence-electron chi connectivity index (χ1n) is 10.9. The van der Waals surface area contributed by atoms with E-state index in [1.165, 1.54) is 89.9 Å². The second-order valence-corrected chi connectivity index (χ2v) is 8.94. The molecular weight excluding hydrogens is 419 g/mol. The summed E-state index contributed by atoms with van der Waals surface area (Å²) in [5, 5.41) is 13.9. The van der Waals surface area contributed by atoms with Gasteiger partial charge in [-0.15, -0.1) is 0 Å². The molecule has 7 nitrogen and oxygen atoms in total. The molecular formula is C21H41NaO7S. The van der Waals surface area contributed by atoms with E-state index in [4.69, 9.17) is 14.8 Å². The fourth-order valence-electron chi connectivity index (χ4n) is 2.76. The van der Waals surface area contributed by atoms with Gasteiger partial charge in [-0.05, 0) is 0 Å². The molecule has 0 spiro atoms. The zero-order valence-electron chi connectivity index (χ0n) is 19.1. The van der Waals surface area contributed by atoms with Crippen LogP contribution < -0.4 is 29.6 Å². The second kappa shape index (κ2) is 23.5. The van der Waals surface area contributed by atoms with Crippen LogP contribution in [0, 0.1) is 6.42 Å². The van der Waals surface area contributed by atoms with Gasteiger partial charge < -0.3 is 16.6 Å². The molecule has 0 aromatic carbocycles. The minimum absolute atomic E-state index is 0. The molecule has 3 N–H and O–H groups in total. The summed E-state index contributed by atoms with van der Waals surface area (Å²) in [5.41, 5.74) is 0. The molecule has 0 bridgehead atoms. The first-order valence-corrected chi connectivity index (χ1v) is 12.4. The van der Waals surface area contributed by atoms with Crippen molar-refractivity contribution in [1.29, 1.82) is 0 Å². The van der Waals surface area contributed by atoms with Gasteiger partial charge in [0.2, 0.25) is 0 Å². The third-order valence-corrected chi connectivity index (χ3v) is 5.61. The molecule has 1 unspecified atom stereocenters. The van der Waals surface area contributed by atoms with Crippen LogP contribution in [-0.4, -0.2) is 40.4 Å². The van der Waals surface area contributed by atoms with Crippen molar-refractivity contribution in [3.63, 3.8) is 0 Å². The van der Waals surface area contributed by atoms with E-state index < -0.39 is 33.7 Å². The average molecular weight is 461 g/mol. The maximum Gasteiger partial charge on any atom is 1.00 e. The molecule has 0 aliphatic heterocycles. The molecule has 0 aromatic heterocycles. The van der Waals surface area contributed by atoms with Gasteiger partial charge in [0.25, 0.3) is 10.1 Å². The van der Waals surface area contributed by atoms with E-state index in [1.54, 1.807) is 0 Å². The van der Waals surface area contributed by atoms with Gasteiger partial charge in [-0.1, -0.05) is 90.9 Å². The molecule has 30 heavy (non-hydrogen) atoms. The second-order valence-electron chi connectivity index (χ2n) is 7.34. The molecule has 0 aliphatic carbocycles. The van der Waals surface area contributed by atoms with Crippen molar-refractivity contribution in [1.82, 2.24) is 0 Å². The number of unbranched alkanes of at least 4 members (excludes halogenated alkanes) is 14. The van der Waals surface area contributed by atoms with Crippen molar-refractivity contribution in [2.75, 3.05) is 0 Å². The molecule has 0 amide bonds. The van der Waals surface area contributed by atoms with E-state index in [9.17, 15) is 18.0 Å². The molecule has 0 radical (unpaired) electrons. The van der Waals surface area contributed by atoms with E-state index >= 15 is 0 Å². The topological polar surface area (TPSA) is 129 Å². The maximum absolute atomic E-state index is 10.2. The first kappa shape index (κ1) is 34.5. The zero-order chi connectivity index (χ0) is 22.5. The normalized spacial score (nSPS) is 11.7. The number of hydrogen-bond acceptors (Lipinski definition) is 4. The monoisotopic (exact) mass is 460 g/mol. The fraction of sp³-hybridized carbons (Fsp3) is 0.857. The molecule has 0 aliphatic rings. The molecule has 0 heterocycles. The predicted octanol–water partition coefficient (Wildman–Crippen LogP) is 2.50. The van der Waals surface area contributed by atoms with Crippen LogP contribution in [0.1, 0.15) is 110 Å². The van der Waals surface area contributed by atoms with E-state index in [2.05, 4.69) is 20.3 Å². The molecule has 9 heteroatoms. The van der Waals surface area contributed by atoms with Crippen LogP contribution in [0.4, 0.5) is 0 Å². The number of rotatable bonds is 18. The summed E-state index contributed by atoms with van der Waals surface area (Å²) in [6.07, 6.45) is 21.3. The Hall–Kier alpha value is -0.150. The summed E-state index contributed by atoms with van der Waals surface area (Å²) >= 11 is 0. The summed E-state index contributed by atoms with van der Waals surface area (Å²) < 4.78 is 28.7. The fourth-order valence-corrected chi connectivity index (χ4v) is 3.37. The van der Waals surface area contributed by atoms with Gasteiger partial charge in [-0.3, -0.25) is 14.1 Å². The minimum atomic E-state index is -4.84. The van der Waals surface area contributed by atoms with Gasteiger partial charge in [0, 0.05) is 0 Å². The van der Waals surface area contributed by atoms with Crippen molar-refractivity contribution >= 4 is 22.1 Å². The van der Waals surface area contributed by atoms with E-state index in [0.29, 0.717) is 0 Å². The van der Waals surface area contributed by atoms with Gasteiger partial charge in [-0.25, -0.2) is 0 Å². The minimum Gasteiger partial charge on any atom is -0.481 e. The van der Waals surface area contributed by atoms with Crippen molar-refractivity contribution in [2.45, 2.75) is 115 Å². The smallest absolute Gasteiger partial charge is 0.481 e. The van der Waals surface area contributed by atoms with Crippen LogP contribution in [0.2, 0.25) is 0 Å². The van der Waals surface area contributed by atoms with Gasteiger partial charge in [0.05, 0.1) is 6.42 Å². The zero-order valence-corrected chi connectivity index (χ0v) is 22.0. The first-order chi connectivity index (χ1) is 13.7. The van der Waals surface area contributed by atoms with E-state index in [0.717, 1.165) is 0 Å². The Labute approximate surface area is 205 Å². The van der Waals surface area contributed by atoms with Gasteiger partial charge in [-0.2, -0.15) is 21.3 Å². The summed E-state index contributed by atoms with van der Waals surface area (Å²) in [6, 6.07) is 0. The van der Waals surface area contributed by atoms with E-state index in [1.807, 2.05) is 0 Å². The number of carboxylic acid groups (broad SMARTS) is 2. The van der Waals surface area contributed by atoms with Crippen LogP contribution >= 0.6 is 0 Å². The van der Waals surface area contributed by atoms with Crippen molar-refractivity contribution in [3.05, 3.63) is 6.42 Å². The third kappa shape index (κ3) is 25.9. The standard InChI is InChI=1S/C17H35.C4H6O7S.Na/c1-3-5-7-9-11-13-15-17-16-14-12-10-8-6-4-2;5-3(6)1-2(4(7)8)12(9,10)11;/h17H,3-16H2,1-2H3;2H,1H2,(H,5,6)(H,7,8)(H,9,10,11);/q-1;;+1. The Morgan fingerprint density at radius 1 is 0.767 bits per heavy atom. The third-order valence-electron chi connectivity index (χ3n) is 4.52. The molecule has 0 aromatic rings. The van der Waals surface area contributed by atoms with Gasteiger partial charge in [0.15, 0.2) is 5.25 Å². The predicted molar refractivity (Wildman–Crippen MR) is 116 cm³/mol. The summed E-state index contributed by atoms with van der Waals surface area (Å²) in [7, 11) is -4.84. The Kier molecular flexibility index (Phi) is 27.0. The Morgan fingerprint density at radius 3 is 1.40 bits per heavy atom. The van der Waals surface area contributed by atoms with Gasteiger partial charge >= 0.3 is 41.5 Å². The summed E-state index contributed by atoms with van der Waals surface area (Å²) in [6.45, 7) is 4.57. The average Bonchev–Trinajstić information content (AvgIpc) is 2.63. The van der Waals surface area contributed by atoms with Crippen LogP contribution in [0.15, 0.2) is 0 Å². The SMILES string of the molecule is CCCCCCCC[CH-]CCCCCCCC.O=C(O)CC(C(=O)O)S(=O)(=O)O.[Na+]. The van der Waals surface area contributed by atoms with Crippen molar-refractivity contribution in [2.24, 2.45) is 0 Å². The van der Waals surface area contributed by atoms with Crippen LogP contribution in [-0.2, 0) is 19.7 Å². The van der Waals surface area contributed by atoms with Crippen LogP contribution in [0.5, 0.6) is 0 Å². The quantitative estimate of drug-likeness (QED) is 0.124. The number of aliphatic carboxylic acids is 2. The van der Waals surface area contributed by atoms with Crippen molar-refractivity contribution < 1.29 is 62.3 Å². The van der Waals surface area contributed by atoms with Crippen LogP contribution in [0.3, 0.4) is 0 Å².